The molecule has 0 aromatic heterocycles. The van der Waals surface area contributed by atoms with Crippen molar-refractivity contribution in [1.29, 1.82) is 0 Å². The summed E-state index contributed by atoms with van der Waals surface area (Å²) in [4.78, 5) is 0. The number of ether oxygens (including phenoxy) is 1. The van der Waals surface area contributed by atoms with Crippen LogP contribution in [0.1, 0.15) is 52.9 Å². The topological polar surface area (TPSA) is 29.5 Å². The van der Waals surface area contributed by atoms with Gasteiger partial charge in [-0.15, -0.1) is 0 Å². The molecule has 80 valence electrons. The van der Waals surface area contributed by atoms with Crippen molar-refractivity contribution in [2.75, 3.05) is 6.61 Å². The van der Waals surface area contributed by atoms with Crippen molar-refractivity contribution in [3.8, 4) is 0 Å². The summed E-state index contributed by atoms with van der Waals surface area (Å²) >= 11 is 0. The summed E-state index contributed by atoms with van der Waals surface area (Å²) < 4.78 is 5.55. The Morgan fingerprint density at radius 3 is 2.31 bits per heavy atom. The molecule has 0 aliphatic rings. The Morgan fingerprint density at radius 2 is 1.85 bits per heavy atom. The van der Waals surface area contributed by atoms with E-state index in [1.807, 2.05) is 6.92 Å². The third-order valence-corrected chi connectivity index (χ3v) is 2.27. The fourth-order valence-electron chi connectivity index (χ4n) is 1.36. The zero-order valence-electron chi connectivity index (χ0n) is 9.25. The number of unbranched alkanes of at least 4 members (excludes halogenated alkanes) is 3. The van der Waals surface area contributed by atoms with Crippen LogP contribution in [-0.2, 0) is 4.74 Å². The van der Waals surface area contributed by atoms with Crippen LogP contribution >= 0.6 is 0 Å². The smallest absolute Gasteiger partial charge is 0.0828 e. The van der Waals surface area contributed by atoms with Crippen molar-refractivity contribution < 1.29 is 9.84 Å². The van der Waals surface area contributed by atoms with Gasteiger partial charge in [0.2, 0.25) is 0 Å². The SMILES string of the molecule is CCCCCCOC(CC)C(C)O. The van der Waals surface area contributed by atoms with Gasteiger partial charge in [-0.3, -0.25) is 0 Å². The van der Waals surface area contributed by atoms with E-state index in [1.165, 1.54) is 19.3 Å². The van der Waals surface area contributed by atoms with E-state index < -0.39 is 0 Å². The quantitative estimate of drug-likeness (QED) is 0.593. The fourth-order valence-corrected chi connectivity index (χ4v) is 1.36. The van der Waals surface area contributed by atoms with Crippen molar-refractivity contribution in [2.45, 2.75) is 65.1 Å². The molecule has 0 aromatic carbocycles. The van der Waals surface area contributed by atoms with Crippen LogP contribution in [0.15, 0.2) is 0 Å². The largest absolute Gasteiger partial charge is 0.391 e. The summed E-state index contributed by atoms with van der Waals surface area (Å²) in [5.41, 5.74) is 0. The minimum absolute atomic E-state index is 0.0293. The van der Waals surface area contributed by atoms with Gasteiger partial charge in [-0.1, -0.05) is 33.1 Å². The molecule has 2 nitrogen and oxygen atoms in total. The molecule has 0 saturated heterocycles. The molecule has 0 rings (SSSR count). The van der Waals surface area contributed by atoms with Gasteiger partial charge in [0.05, 0.1) is 12.2 Å². The van der Waals surface area contributed by atoms with E-state index in [2.05, 4.69) is 6.92 Å². The first-order valence-electron chi connectivity index (χ1n) is 5.52. The van der Waals surface area contributed by atoms with Crippen molar-refractivity contribution >= 4 is 0 Å². The fraction of sp³-hybridized carbons (Fsp3) is 1.00. The van der Waals surface area contributed by atoms with Gasteiger partial charge >= 0.3 is 0 Å². The lowest BCUT2D eigenvalue weighted by molar-refractivity contribution is -0.0320. The summed E-state index contributed by atoms with van der Waals surface area (Å²) in [6, 6.07) is 0. The Balaban J connectivity index is 3.28. The van der Waals surface area contributed by atoms with Gasteiger partial charge in [-0.2, -0.15) is 0 Å². The van der Waals surface area contributed by atoms with Gasteiger partial charge in [0.1, 0.15) is 0 Å². The van der Waals surface area contributed by atoms with Gasteiger partial charge in [0.25, 0.3) is 0 Å². The zero-order chi connectivity index (χ0) is 10.1. The Labute approximate surface area is 82.3 Å². The Morgan fingerprint density at radius 1 is 1.15 bits per heavy atom. The number of rotatable bonds is 8. The molecule has 0 saturated carbocycles. The number of hydrogen-bond acceptors (Lipinski definition) is 2. The molecule has 2 heteroatoms. The number of aliphatic hydroxyl groups is 1. The molecule has 2 atom stereocenters. The molecule has 0 fully saturated rings. The molecule has 2 unspecified atom stereocenters. The summed E-state index contributed by atoms with van der Waals surface area (Å²) in [5.74, 6) is 0. The van der Waals surface area contributed by atoms with E-state index in [0.717, 1.165) is 19.4 Å². The molecule has 13 heavy (non-hydrogen) atoms. The van der Waals surface area contributed by atoms with E-state index in [9.17, 15) is 5.11 Å². The highest BCUT2D eigenvalue weighted by atomic mass is 16.5. The van der Waals surface area contributed by atoms with Crippen LogP contribution in [0, 0.1) is 0 Å². The molecule has 0 bridgehead atoms. The second kappa shape index (κ2) is 8.52. The lowest BCUT2D eigenvalue weighted by Crippen LogP contribution is -2.25. The molecule has 0 aromatic rings. The summed E-state index contributed by atoms with van der Waals surface area (Å²) in [6.07, 6.45) is 5.50. The normalized spacial score (nSPS) is 15.7. The predicted molar refractivity (Wildman–Crippen MR) is 55.9 cm³/mol. The highest BCUT2D eigenvalue weighted by Crippen LogP contribution is 2.06. The molecule has 0 heterocycles. The average Bonchev–Trinajstić information content (AvgIpc) is 2.10. The van der Waals surface area contributed by atoms with Crippen LogP contribution in [0.2, 0.25) is 0 Å². The number of hydrogen-bond donors (Lipinski definition) is 1. The van der Waals surface area contributed by atoms with E-state index in [-0.39, 0.29) is 12.2 Å². The van der Waals surface area contributed by atoms with Crippen LogP contribution in [0.5, 0.6) is 0 Å². The highest BCUT2D eigenvalue weighted by molar-refractivity contribution is 4.61. The summed E-state index contributed by atoms with van der Waals surface area (Å²) in [7, 11) is 0. The van der Waals surface area contributed by atoms with Crippen molar-refractivity contribution in [3.05, 3.63) is 0 Å². The van der Waals surface area contributed by atoms with Crippen LogP contribution < -0.4 is 0 Å². The lowest BCUT2D eigenvalue weighted by atomic mass is 10.2. The third-order valence-electron chi connectivity index (χ3n) is 2.27. The standard InChI is InChI=1S/C11H24O2/c1-4-6-7-8-9-13-11(5-2)10(3)12/h10-12H,4-9H2,1-3H3. The van der Waals surface area contributed by atoms with Crippen molar-refractivity contribution in [1.82, 2.24) is 0 Å². The van der Waals surface area contributed by atoms with Crippen LogP contribution in [0.4, 0.5) is 0 Å². The van der Waals surface area contributed by atoms with E-state index in [1.54, 1.807) is 6.92 Å². The van der Waals surface area contributed by atoms with Gasteiger partial charge < -0.3 is 9.84 Å². The third kappa shape index (κ3) is 7.03. The number of aliphatic hydroxyl groups excluding tert-OH is 1. The maximum atomic E-state index is 9.29. The maximum absolute atomic E-state index is 9.29. The Kier molecular flexibility index (Phi) is 8.46. The van der Waals surface area contributed by atoms with Crippen LogP contribution in [0.3, 0.4) is 0 Å². The Hall–Kier alpha value is -0.0800. The Bertz CT molecular complexity index is 102. The minimum atomic E-state index is -0.337. The monoisotopic (exact) mass is 188 g/mol. The van der Waals surface area contributed by atoms with E-state index in [0.29, 0.717) is 0 Å². The second-order valence-electron chi connectivity index (χ2n) is 3.62. The molecule has 0 spiro atoms. The van der Waals surface area contributed by atoms with E-state index >= 15 is 0 Å². The summed E-state index contributed by atoms with van der Waals surface area (Å²) in [6.45, 7) is 6.83. The van der Waals surface area contributed by atoms with Gasteiger partial charge in [0.15, 0.2) is 0 Å². The van der Waals surface area contributed by atoms with Gasteiger partial charge in [-0.05, 0) is 19.8 Å². The van der Waals surface area contributed by atoms with Crippen LogP contribution in [0.25, 0.3) is 0 Å². The summed E-state index contributed by atoms with van der Waals surface area (Å²) in [5, 5.41) is 9.29. The molecule has 0 aliphatic carbocycles. The highest BCUT2D eigenvalue weighted by Gasteiger charge is 2.11. The minimum Gasteiger partial charge on any atom is -0.391 e. The van der Waals surface area contributed by atoms with Gasteiger partial charge in [-0.25, -0.2) is 0 Å². The van der Waals surface area contributed by atoms with Crippen LogP contribution in [-0.4, -0.2) is 23.9 Å². The first-order valence-corrected chi connectivity index (χ1v) is 5.52. The van der Waals surface area contributed by atoms with Gasteiger partial charge in [0, 0.05) is 6.61 Å². The molecular formula is C11H24O2. The van der Waals surface area contributed by atoms with Crippen molar-refractivity contribution in [3.63, 3.8) is 0 Å². The van der Waals surface area contributed by atoms with E-state index in [4.69, 9.17) is 4.74 Å². The average molecular weight is 188 g/mol. The first-order chi connectivity index (χ1) is 6.22. The molecule has 1 N–H and O–H groups in total. The molecular weight excluding hydrogens is 164 g/mol. The zero-order valence-corrected chi connectivity index (χ0v) is 9.25. The lowest BCUT2D eigenvalue weighted by Gasteiger charge is -2.18. The molecule has 0 aliphatic heterocycles. The first kappa shape index (κ1) is 12.9. The molecule has 0 amide bonds. The maximum Gasteiger partial charge on any atom is 0.0828 e. The molecule has 0 radical (unpaired) electrons. The second-order valence-corrected chi connectivity index (χ2v) is 3.62. The van der Waals surface area contributed by atoms with Crippen molar-refractivity contribution in [2.24, 2.45) is 0 Å². The predicted octanol–water partition coefficient (Wildman–Crippen LogP) is 2.74.